The quantitative estimate of drug-likeness (QED) is 0.749. The van der Waals surface area contributed by atoms with Crippen LogP contribution in [-0.4, -0.2) is 4.99 Å². The van der Waals surface area contributed by atoms with Gasteiger partial charge in [-0.1, -0.05) is 30.4 Å². The first kappa shape index (κ1) is 8.68. The minimum Gasteiger partial charge on any atom is -0.389 e. The molecule has 1 aromatic rings. The van der Waals surface area contributed by atoms with E-state index in [-0.39, 0.29) is 0 Å². The summed E-state index contributed by atoms with van der Waals surface area (Å²) in [4.78, 5) is 0.431. The molecule has 0 unspecified atom stereocenters. The molecule has 1 rings (SSSR count). The average Bonchev–Trinajstić information content (AvgIpc) is 1.94. The molecule has 0 radical (unpaired) electrons. The van der Waals surface area contributed by atoms with Gasteiger partial charge in [-0.3, -0.25) is 0 Å². The molecule has 0 bridgehead atoms. The number of hydrogen-bond acceptors (Lipinski definition) is 1. The zero-order valence-corrected chi connectivity index (χ0v) is 8.50. The van der Waals surface area contributed by atoms with Crippen molar-refractivity contribution in [3.8, 4) is 0 Å². The number of nitrogens with two attached hydrogens (primary N) is 1. The summed E-state index contributed by atoms with van der Waals surface area (Å²) in [5.74, 6) is 0. The highest BCUT2D eigenvalue weighted by Gasteiger charge is 2.02. The average molecular weight is 230 g/mol. The maximum Gasteiger partial charge on any atom is 0.105 e. The van der Waals surface area contributed by atoms with Crippen molar-refractivity contribution in [3.05, 3.63) is 33.8 Å². The minimum atomic E-state index is 0.431. The monoisotopic (exact) mass is 229 g/mol. The molecule has 3 heteroatoms. The Bertz CT molecular complexity index is 296. The normalized spacial score (nSPS) is 9.64. The molecule has 1 aromatic carbocycles. The van der Waals surface area contributed by atoms with Crippen LogP contribution < -0.4 is 5.73 Å². The Hall–Kier alpha value is -0.410. The number of aryl methyl sites for hydroxylation is 1. The van der Waals surface area contributed by atoms with E-state index in [9.17, 15) is 0 Å². The predicted molar refractivity (Wildman–Crippen MR) is 54.8 cm³/mol. The molecule has 0 spiro atoms. The van der Waals surface area contributed by atoms with Crippen LogP contribution >= 0.6 is 28.1 Å². The Morgan fingerprint density at radius 3 is 2.64 bits per heavy atom. The molecule has 1 nitrogen and oxygen atoms in total. The Balaban J connectivity index is 3.27. The van der Waals surface area contributed by atoms with Gasteiger partial charge in [0.25, 0.3) is 0 Å². The van der Waals surface area contributed by atoms with E-state index in [1.807, 2.05) is 25.1 Å². The molecular weight excluding hydrogens is 222 g/mol. The van der Waals surface area contributed by atoms with Gasteiger partial charge in [0.05, 0.1) is 0 Å². The van der Waals surface area contributed by atoms with Crippen molar-refractivity contribution in [1.82, 2.24) is 0 Å². The molecule has 0 aliphatic rings. The summed E-state index contributed by atoms with van der Waals surface area (Å²) >= 11 is 8.27. The lowest BCUT2D eigenvalue weighted by atomic mass is 10.1. The highest BCUT2D eigenvalue weighted by molar-refractivity contribution is 9.10. The molecule has 0 aromatic heterocycles. The van der Waals surface area contributed by atoms with Gasteiger partial charge in [0.2, 0.25) is 0 Å². The fourth-order valence-electron chi connectivity index (χ4n) is 0.838. The van der Waals surface area contributed by atoms with Crippen LogP contribution in [0.5, 0.6) is 0 Å². The van der Waals surface area contributed by atoms with Crippen LogP contribution in [0.25, 0.3) is 0 Å². The van der Waals surface area contributed by atoms with E-state index in [2.05, 4.69) is 15.9 Å². The van der Waals surface area contributed by atoms with Crippen LogP contribution in [0.4, 0.5) is 0 Å². The fourth-order valence-corrected chi connectivity index (χ4v) is 1.62. The molecule has 0 saturated carbocycles. The van der Waals surface area contributed by atoms with Gasteiger partial charge < -0.3 is 5.73 Å². The molecule has 0 heterocycles. The fraction of sp³-hybridized carbons (Fsp3) is 0.125. The first-order valence-electron chi connectivity index (χ1n) is 3.18. The largest absolute Gasteiger partial charge is 0.389 e. The SMILES string of the molecule is Cc1cccc(C(N)=S)c1Br. The van der Waals surface area contributed by atoms with E-state index in [1.54, 1.807) is 0 Å². The second-order valence-corrected chi connectivity index (χ2v) is 3.53. The van der Waals surface area contributed by atoms with E-state index >= 15 is 0 Å². The summed E-state index contributed by atoms with van der Waals surface area (Å²) < 4.78 is 0.993. The first-order valence-corrected chi connectivity index (χ1v) is 4.38. The number of halogens is 1. The van der Waals surface area contributed by atoms with Gasteiger partial charge in [0, 0.05) is 10.0 Å². The number of thiocarbonyl (C=S) groups is 1. The molecule has 2 N–H and O–H groups in total. The van der Waals surface area contributed by atoms with Crippen LogP contribution in [0.1, 0.15) is 11.1 Å². The topological polar surface area (TPSA) is 26.0 Å². The summed E-state index contributed by atoms with van der Waals surface area (Å²) in [6.07, 6.45) is 0. The summed E-state index contributed by atoms with van der Waals surface area (Å²) in [7, 11) is 0. The zero-order valence-electron chi connectivity index (χ0n) is 6.10. The van der Waals surface area contributed by atoms with Gasteiger partial charge in [-0.25, -0.2) is 0 Å². The van der Waals surface area contributed by atoms with E-state index in [0.29, 0.717) is 4.99 Å². The standard InChI is InChI=1S/C8H8BrNS/c1-5-3-2-4-6(7(5)9)8(10)11/h2-4H,1H3,(H2,10,11). The van der Waals surface area contributed by atoms with E-state index in [1.165, 1.54) is 0 Å². The molecule has 0 atom stereocenters. The van der Waals surface area contributed by atoms with Crippen LogP contribution in [0.3, 0.4) is 0 Å². The zero-order chi connectivity index (χ0) is 8.43. The van der Waals surface area contributed by atoms with Gasteiger partial charge in [0.15, 0.2) is 0 Å². The second kappa shape index (κ2) is 3.32. The highest BCUT2D eigenvalue weighted by Crippen LogP contribution is 2.20. The lowest BCUT2D eigenvalue weighted by Crippen LogP contribution is -2.10. The number of hydrogen-bond donors (Lipinski definition) is 1. The lowest BCUT2D eigenvalue weighted by molar-refractivity contribution is 1.41. The van der Waals surface area contributed by atoms with Crippen molar-refractivity contribution in [2.45, 2.75) is 6.92 Å². The molecule has 0 saturated heterocycles. The maximum absolute atomic E-state index is 5.48. The van der Waals surface area contributed by atoms with Gasteiger partial charge in [-0.2, -0.15) is 0 Å². The van der Waals surface area contributed by atoms with Crippen molar-refractivity contribution in [3.63, 3.8) is 0 Å². The van der Waals surface area contributed by atoms with Crippen molar-refractivity contribution in [1.29, 1.82) is 0 Å². The third-order valence-electron chi connectivity index (χ3n) is 1.46. The van der Waals surface area contributed by atoms with Crippen LogP contribution in [-0.2, 0) is 0 Å². The van der Waals surface area contributed by atoms with Crippen LogP contribution in [0.2, 0.25) is 0 Å². The minimum absolute atomic E-state index is 0.431. The second-order valence-electron chi connectivity index (χ2n) is 2.30. The van der Waals surface area contributed by atoms with Crippen LogP contribution in [0, 0.1) is 6.92 Å². The molecule has 0 amide bonds. The van der Waals surface area contributed by atoms with Gasteiger partial charge in [0.1, 0.15) is 4.99 Å². The smallest absolute Gasteiger partial charge is 0.105 e. The van der Waals surface area contributed by atoms with Crippen LogP contribution in [0.15, 0.2) is 22.7 Å². The molecule has 58 valence electrons. The summed E-state index contributed by atoms with van der Waals surface area (Å²) in [6.45, 7) is 2.01. The number of rotatable bonds is 1. The van der Waals surface area contributed by atoms with Crippen molar-refractivity contribution < 1.29 is 0 Å². The Morgan fingerprint density at radius 2 is 2.18 bits per heavy atom. The highest BCUT2D eigenvalue weighted by atomic mass is 79.9. The molecule has 0 aliphatic carbocycles. The van der Waals surface area contributed by atoms with Gasteiger partial charge >= 0.3 is 0 Å². The number of benzene rings is 1. The summed E-state index contributed by atoms with van der Waals surface area (Å²) in [6, 6.07) is 5.85. The summed E-state index contributed by atoms with van der Waals surface area (Å²) in [5, 5.41) is 0. The Kier molecular flexibility index (Phi) is 2.62. The maximum atomic E-state index is 5.48. The predicted octanol–water partition coefficient (Wildman–Crippen LogP) is 2.39. The van der Waals surface area contributed by atoms with Crippen molar-refractivity contribution >= 4 is 33.1 Å². The lowest BCUT2D eigenvalue weighted by Gasteiger charge is -2.03. The van der Waals surface area contributed by atoms with Gasteiger partial charge in [-0.05, 0) is 28.4 Å². The molecule has 11 heavy (non-hydrogen) atoms. The third-order valence-corrected chi connectivity index (χ3v) is 2.73. The van der Waals surface area contributed by atoms with E-state index in [0.717, 1.165) is 15.6 Å². The molecule has 0 fully saturated rings. The first-order chi connectivity index (χ1) is 5.13. The Morgan fingerprint density at radius 1 is 1.55 bits per heavy atom. The molecular formula is C8H8BrNS. The van der Waals surface area contributed by atoms with E-state index < -0.39 is 0 Å². The summed E-state index contributed by atoms with van der Waals surface area (Å²) in [5.41, 5.74) is 7.54. The Labute approximate surface area is 79.7 Å². The molecule has 0 aliphatic heterocycles. The van der Waals surface area contributed by atoms with E-state index in [4.69, 9.17) is 18.0 Å². The third kappa shape index (κ3) is 1.79. The van der Waals surface area contributed by atoms with Crippen molar-refractivity contribution in [2.75, 3.05) is 0 Å². The van der Waals surface area contributed by atoms with Crippen molar-refractivity contribution in [2.24, 2.45) is 5.73 Å². The van der Waals surface area contributed by atoms with Gasteiger partial charge in [-0.15, -0.1) is 0 Å².